The van der Waals surface area contributed by atoms with Crippen molar-refractivity contribution in [2.75, 3.05) is 18.5 Å². The minimum Gasteiger partial charge on any atom is -0.336 e. The third-order valence-corrected chi connectivity index (χ3v) is 5.04. The van der Waals surface area contributed by atoms with Crippen molar-refractivity contribution in [3.8, 4) is 0 Å². The van der Waals surface area contributed by atoms with Gasteiger partial charge in [0.25, 0.3) is 11.8 Å². The summed E-state index contributed by atoms with van der Waals surface area (Å²) in [5.41, 5.74) is 1.71. The smallest absolute Gasteiger partial charge is 0.259 e. The predicted molar refractivity (Wildman–Crippen MR) is 102 cm³/mol. The van der Waals surface area contributed by atoms with Gasteiger partial charge in [-0.15, -0.1) is 0 Å². The first-order valence-electron chi connectivity index (χ1n) is 9.21. The fourth-order valence-corrected chi connectivity index (χ4v) is 3.49. The molecule has 1 aliphatic heterocycles. The second kappa shape index (κ2) is 8.13. The number of piperidine rings is 1. The van der Waals surface area contributed by atoms with Crippen molar-refractivity contribution in [2.24, 2.45) is 0 Å². The van der Waals surface area contributed by atoms with E-state index < -0.39 is 0 Å². The number of para-hydroxylation sites is 1. The van der Waals surface area contributed by atoms with Crippen LogP contribution in [0.4, 0.5) is 5.69 Å². The Morgan fingerprint density at radius 3 is 2.62 bits per heavy atom. The molecule has 2 aromatic rings. The molecule has 1 aromatic carbocycles. The predicted octanol–water partition coefficient (Wildman–Crippen LogP) is 3.76. The molecule has 5 nitrogen and oxygen atoms in total. The van der Waals surface area contributed by atoms with Crippen LogP contribution >= 0.6 is 0 Å². The number of benzene rings is 1. The van der Waals surface area contributed by atoms with E-state index in [1.807, 2.05) is 35.2 Å². The molecule has 0 radical (unpaired) electrons. The average molecular weight is 351 g/mol. The van der Waals surface area contributed by atoms with E-state index in [0.29, 0.717) is 11.1 Å². The molecule has 0 spiro atoms. The highest BCUT2D eigenvalue weighted by Gasteiger charge is 2.27. The maximum Gasteiger partial charge on any atom is 0.259 e. The lowest BCUT2D eigenvalue weighted by molar-refractivity contribution is 0.0607. The van der Waals surface area contributed by atoms with Gasteiger partial charge in [-0.2, -0.15) is 0 Å². The van der Waals surface area contributed by atoms with Gasteiger partial charge >= 0.3 is 0 Å². The Kier molecular flexibility index (Phi) is 5.66. The van der Waals surface area contributed by atoms with Gasteiger partial charge in [-0.05, 0) is 43.9 Å². The molecule has 0 aliphatic carbocycles. The van der Waals surface area contributed by atoms with Crippen LogP contribution in [-0.4, -0.2) is 41.3 Å². The Labute approximate surface area is 154 Å². The van der Waals surface area contributed by atoms with E-state index in [2.05, 4.69) is 11.9 Å². The van der Waals surface area contributed by atoms with Gasteiger partial charge in [-0.3, -0.25) is 14.6 Å². The van der Waals surface area contributed by atoms with Crippen LogP contribution in [-0.2, 0) is 0 Å². The van der Waals surface area contributed by atoms with E-state index in [1.165, 1.54) is 12.6 Å². The van der Waals surface area contributed by atoms with Crippen LogP contribution in [0.5, 0.6) is 0 Å². The Morgan fingerprint density at radius 2 is 1.88 bits per heavy atom. The Hall–Kier alpha value is -2.69. The van der Waals surface area contributed by atoms with Gasteiger partial charge in [0.2, 0.25) is 0 Å². The van der Waals surface area contributed by atoms with E-state index in [4.69, 9.17) is 0 Å². The van der Waals surface area contributed by atoms with Gasteiger partial charge in [0.1, 0.15) is 0 Å². The van der Waals surface area contributed by atoms with Crippen LogP contribution in [0, 0.1) is 0 Å². The lowest BCUT2D eigenvalue weighted by Gasteiger charge is -2.35. The number of amides is 2. The molecule has 1 aromatic heterocycles. The number of rotatable bonds is 4. The van der Waals surface area contributed by atoms with Gasteiger partial charge in [0.15, 0.2) is 0 Å². The molecule has 5 heteroatoms. The fraction of sp³-hybridized carbons (Fsp3) is 0.381. The monoisotopic (exact) mass is 351 g/mol. The van der Waals surface area contributed by atoms with E-state index in [0.717, 1.165) is 31.5 Å². The zero-order chi connectivity index (χ0) is 18.5. The molecule has 2 amide bonds. The summed E-state index contributed by atoms with van der Waals surface area (Å²) in [4.78, 5) is 33.4. The van der Waals surface area contributed by atoms with Crippen molar-refractivity contribution < 1.29 is 9.59 Å². The molecule has 3 rings (SSSR count). The van der Waals surface area contributed by atoms with E-state index >= 15 is 0 Å². The number of carbonyl (C=O) groups excluding carboxylic acids is 2. The lowest BCUT2D eigenvalue weighted by Crippen LogP contribution is -2.43. The molecular weight excluding hydrogens is 326 g/mol. The van der Waals surface area contributed by atoms with Crippen molar-refractivity contribution in [3.63, 3.8) is 0 Å². The highest BCUT2D eigenvalue weighted by molar-refractivity contribution is 6.07. The van der Waals surface area contributed by atoms with Crippen LogP contribution in [0.3, 0.4) is 0 Å². The quantitative estimate of drug-likeness (QED) is 0.843. The Bertz CT molecular complexity index is 776. The Morgan fingerprint density at radius 1 is 1.15 bits per heavy atom. The van der Waals surface area contributed by atoms with Crippen LogP contribution in [0.2, 0.25) is 0 Å². The van der Waals surface area contributed by atoms with Crippen LogP contribution < -0.4 is 4.90 Å². The van der Waals surface area contributed by atoms with E-state index in [1.54, 1.807) is 24.2 Å². The number of nitrogens with zero attached hydrogens (tertiary/aromatic N) is 3. The van der Waals surface area contributed by atoms with E-state index in [9.17, 15) is 9.59 Å². The number of aromatic nitrogens is 1. The molecule has 0 saturated carbocycles. The summed E-state index contributed by atoms with van der Waals surface area (Å²) in [6.45, 7) is 2.89. The zero-order valence-corrected chi connectivity index (χ0v) is 15.4. The van der Waals surface area contributed by atoms with Crippen LogP contribution in [0.1, 0.15) is 53.3 Å². The summed E-state index contributed by atoms with van der Waals surface area (Å²) in [6.07, 6.45) is 7.28. The first-order chi connectivity index (χ1) is 12.6. The maximum absolute atomic E-state index is 12.9. The molecule has 1 saturated heterocycles. The molecule has 1 fully saturated rings. The molecule has 1 aliphatic rings. The number of hydrogen-bond acceptors (Lipinski definition) is 3. The third-order valence-electron chi connectivity index (χ3n) is 5.04. The molecule has 0 bridgehead atoms. The largest absolute Gasteiger partial charge is 0.336 e. The molecular formula is C21H25N3O2. The van der Waals surface area contributed by atoms with Crippen LogP contribution in [0.15, 0.2) is 48.8 Å². The summed E-state index contributed by atoms with van der Waals surface area (Å²) >= 11 is 0. The number of likely N-dealkylation sites (tertiary alicyclic amines) is 1. The normalized spacial score (nSPS) is 17.0. The maximum atomic E-state index is 12.9. The van der Waals surface area contributed by atoms with Crippen molar-refractivity contribution in [1.82, 2.24) is 9.88 Å². The molecule has 26 heavy (non-hydrogen) atoms. The second-order valence-corrected chi connectivity index (χ2v) is 6.72. The molecule has 136 valence electrons. The highest BCUT2D eigenvalue weighted by atomic mass is 16.2. The molecule has 1 atom stereocenters. The summed E-state index contributed by atoms with van der Waals surface area (Å²) in [5, 5.41) is 0. The molecule has 1 unspecified atom stereocenters. The topological polar surface area (TPSA) is 53.5 Å². The Balaban J connectivity index is 1.81. The second-order valence-electron chi connectivity index (χ2n) is 6.72. The van der Waals surface area contributed by atoms with Gasteiger partial charge in [-0.25, -0.2) is 0 Å². The van der Waals surface area contributed by atoms with Gasteiger partial charge in [-0.1, -0.05) is 25.1 Å². The minimum atomic E-state index is -0.177. The van der Waals surface area contributed by atoms with Crippen molar-refractivity contribution in [3.05, 3.63) is 59.9 Å². The van der Waals surface area contributed by atoms with Crippen molar-refractivity contribution >= 4 is 17.5 Å². The summed E-state index contributed by atoms with van der Waals surface area (Å²) in [5.74, 6) is -0.204. The van der Waals surface area contributed by atoms with E-state index in [-0.39, 0.29) is 17.9 Å². The number of anilines is 1. The first kappa shape index (κ1) is 18.1. The van der Waals surface area contributed by atoms with Gasteiger partial charge < -0.3 is 9.80 Å². The number of pyridine rings is 1. The molecule has 0 N–H and O–H groups in total. The highest BCUT2D eigenvalue weighted by Crippen LogP contribution is 2.22. The number of carbonyl (C=O) groups is 2. The van der Waals surface area contributed by atoms with Crippen LogP contribution in [0.25, 0.3) is 0 Å². The fourth-order valence-electron chi connectivity index (χ4n) is 3.49. The third kappa shape index (κ3) is 3.77. The molecule has 2 heterocycles. The zero-order valence-electron chi connectivity index (χ0n) is 15.4. The summed E-state index contributed by atoms with van der Waals surface area (Å²) in [7, 11) is 1.73. The average Bonchev–Trinajstić information content (AvgIpc) is 2.72. The van der Waals surface area contributed by atoms with Gasteiger partial charge in [0, 0.05) is 37.7 Å². The minimum absolute atomic E-state index is 0.0268. The lowest BCUT2D eigenvalue weighted by atomic mass is 9.99. The SMILES string of the molecule is CCC1CCCCN1C(=O)c1cncc(C(=O)N(C)c2ccccc2)c1. The van der Waals surface area contributed by atoms with Gasteiger partial charge in [0.05, 0.1) is 11.1 Å². The summed E-state index contributed by atoms with van der Waals surface area (Å²) in [6, 6.07) is 11.4. The summed E-state index contributed by atoms with van der Waals surface area (Å²) < 4.78 is 0. The van der Waals surface area contributed by atoms with Crippen molar-refractivity contribution in [2.45, 2.75) is 38.6 Å². The number of hydrogen-bond donors (Lipinski definition) is 0. The van der Waals surface area contributed by atoms with Crippen molar-refractivity contribution in [1.29, 1.82) is 0 Å². The standard InChI is InChI=1S/C21H25N3O2/c1-3-18-9-7-8-12-24(18)21(26)17-13-16(14-22-15-17)20(25)23(2)19-10-5-4-6-11-19/h4-6,10-11,13-15,18H,3,7-9,12H2,1-2H3. The first-order valence-corrected chi connectivity index (χ1v) is 9.21.